The number of rotatable bonds is 3. The van der Waals surface area contributed by atoms with Gasteiger partial charge in [0.25, 0.3) is 5.56 Å². The molecule has 0 radical (unpaired) electrons. The predicted molar refractivity (Wildman–Crippen MR) is 83.0 cm³/mol. The van der Waals surface area contributed by atoms with Gasteiger partial charge in [-0.15, -0.1) is 10.2 Å². The molecule has 2 heterocycles. The van der Waals surface area contributed by atoms with E-state index in [9.17, 15) is 4.79 Å². The molecule has 0 aliphatic rings. The van der Waals surface area contributed by atoms with Crippen molar-refractivity contribution in [2.24, 2.45) is 0 Å². The van der Waals surface area contributed by atoms with Crippen molar-refractivity contribution in [3.05, 3.63) is 28.2 Å². The number of hydrogen-bond acceptors (Lipinski definition) is 5. The van der Waals surface area contributed by atoms with E-state index in [0.29, 0.717) is 22.2 Å². The summed E-state index contributed by atoms with van der Waals surface area (Å²) < 4.78 is 1.84. The molecule has 0 saturated carbocycles. The summed E-state index contributed by atoms with van der Waals surface area (Å²) in [7, 11) is 0. The monoisotopic (exact) mass is 292 g/mol. The summed E-state index contributed by atoms with van der Waals surface area (Å²) in [5.74, 6) is 0. The van der Waals surface area contributed by atoms with Crippen LogP contribution in [-0.2, 0) is 12.0 Å². The van der Waals surface area contributed by atoms with Crippen molar-refractivity contribution in [2.45, 2.75) is 46.1 Å². The predicted octanol–water partition coefficient (Wildman–Crippen LogP) is 2.66. The molecule has 0 unspecified atom stereocenters. The Morgan fingerprint density at radius 2 is 2.00 bits per heavy atom. The molecule has 108 valence electrons. The highest BCUT2D eigenvalue weighted by molar-refractivity contribution is 7.18. The normalized spacial score (nSPS) is 11.8. The lowest BCUT2D eigenvalue weighted by molar-refractivity contribution is 0.498. The van der Waals surface area contributed by atoms with E-state index in [1.165, 1.54) is 11.3 Å². The molecule has 2 N–H and O–H groups in total. The topological polar surface area (TPSA) is 73.8 Å². The third-order valence-corrected chi connectivity index (χ3v) is 3.85. The Bertz CT molecular complexity index is 667. The van der Waals surface area contributed by atoms with Gasteiger partial charge in [0.1, 0.15) is 0 Å². The summed E-state index contributed by atoms with van der Waals surface area (Å²) in [6.07, 6.45) is 0.907. The molecule has 6 heteroatoms. The highest BCUT2D eigenvalue weighted by Crippen LogP contribution is 2.26. The quantitative estimate of drug-likeness (QED) is 0.943. The number of aromatic nitrogens is 3. The van der Waals surface area contributed by atoms with Gasteiger partial charge in [-0.1, -0.05) is 39.0 Å². The van der Waals surface area contributed by atoms with E-state index in [2.05, 4.69) is 37.9 Å². The number of anilines is 1. The third-order valence-electron chi connectivity index (χ3n) is 3.06. The van der Waals surface area contributed by atoms with Gasteiger partial charge in [-0.25, -0.2) is 0 Å². The van der Waals surface area contributed by atoms with E-state index in [4.69, 9.17) is 5.73 Å². The first-order chi connectivity index (χ1) is 9.34. The molecule has 0 aromatic carbocycles. The van der Waals surface area contributed by atoms with Crippen LogP contribution in [0.25, 0.3) is 10.6 Å². The van der Waals surface area contributed by atoms with Crippen molar-refractivity contribution >= 4 is 16.5 Å². The van der Waals surface area contributed by atoms with E-state index in [1.807, 2.05) is 16.7 Å². The number of nitrogens with two attached hydrogens (primary N) is 1. The Kier molecular flexibility index (Phi) is 3.94. The van der Waals surface area contributed by atoms with Gasteiger partial charge in [0.15, 0.2) is 5.01 Å². The lowest BCUT2D eigenvalue weighted by Crippen LogP contribution is -2.30. The summed E-state index contributed by atoms with van der Waals surface area (Å²) in [6, 6.07) is 3.83. The first kappa shape index (κ1) is 14.7. The highest BCUT2D eigenvalue weighted by Gasteiger charge is 2.21. The molecule has 0 aliphatic heterocycles. The van der Waals surface area contributed by atoms with Crippen LogP contribution in [0.5, 0.6) is 0 Å². The second-order valence-electron chi connectivity index (χ2n) is 5.78. The maximum Gasteiger partial charge on any atom is 0.261 e. The van der Waals surface area contributed by atoms with Gasteiger partial charge in [-0.3, -0.25) is 4.79 Å². The average Bonchev–Trinajstić information content (AvgIpc) is 2.77. The van der Waals surface area contributed by atoms with Crippen molar-refractivity contribution in [1.82, 2.24) is 14.8 Å². The van der Waals surface area contributed by atoms with Crippen LogP contribution in [0.3, 0.4) is 0 Å². The third kappa shape index (κ3) is 2.75. The van der Waals surface area contributed by atoms with E-state index < -0.39 is 0 Å². The molecule has 5 nitrogen and oxygen atoms in total. The van der Waals surface area contributed by atoms with Crippen molar-refractivity contribution in [2.75, 3.05) is 5.73 Å². The van der Waals surface area contributed by atoms with E-state index in [0.717, 1.165) is 12.1 Å². The van der Waals surface area contributed by atoms with Crippen molar-refractivity contribution < 1.29 is 0 Å². The molecule has 2 aromatic rings. The summed E-state index contributed by atoms with van der Waals surface area (Å²) in [4.78, 5) is 12.7. The molecule has 2 rings (SSSR count). The maximum atomic E-state index is 12.7. The van der Waals surface area contributed by atoms with Crippen LogP contribution in [0.15, 0.2) is 16.9 Å². The lowest BCUT2D eigenvalue weighted by Gasteiger charge is -2.24. The van der Waals surface area contributed by atoms with Crippen LogP contribution < -0.4 is 11.3 Å². The molecule has 0 amide bonds. The first-order valence-corrected chi connectivity index (χ1v) is 7.50. The standard InChI is InChI=1S/C14H20N4OS/c1-5-8-18-10(14(2,3)4)7-6-9(12(18)19)11-16-17-13(15)20-11/h6-7H,5,8H2,1-4H3,(H2,15,17). The van der Waals surface area contributed by atoms with Gasteiger partial charge in [0.05, 0.1) is 5.56 Å². The molecule has 2 aromatic heterocycles. The van der Waals surface area contributed by atoms with Crippen molar-refractivity contribution in [1.29, 1.82) is 0 Å². The second kappa shape index (κ2) is 5.36. The van der Waals surface area contributed by atoms with Crippen molar-refractivity contribution in [3.63, 3.8) is 0 Å². The number of nitrogens with zero attached hydrogens (tertiary/aromatic N) is 3. The van der Waals surface area contributed by atoms with Gasteiger partial charge in [0, 0.05) is 17.7 Å². The lowest BCUT2D eigenvalue weighted by atomic mass is 9.90. The van der Waals surface area contributed by atoms with Gasteiger partial charge < -0.3 is 10.3 Å². The van der Waals surface area contributed by atoms with Crippen LogP contribution in [0.2, 0.25) is 0 Å². The minimum Gasteiger partial charge on any atom is -0.374 e. The zero-order valence-corrected chi connectivity index (χ0v) is 13.1. The van der Waals surface area contributed by atoms with E-state index in [1.54, 1.807) is 0 Å². The zero-order chi connectivity index (χ0) is 14.9. The van der Waals surface area contributed by atoms with Gasteiger partial charge in [0.2, 0.25) is 5.13 Å². The zero-order valence-electron chi connectivity index (χ0n) is 12.3. The van der Waals surface area contributed by atoms with Crippen LogP contribution in [0.4, 0.5) is 5.13 Å². The Labute approximate surface area is 122 Å². The smallest absolute Gasteiger partial charge is 0.261 e. The second-order valence-corrected chi connectivity index (χ2v) is 6.79. The molecule has 0 fully saturated rings. The Morgan fingerprint density at radius 3 is 2.50 bits per heavy atom. The molecular weight excluding hydrogens is 272 g/mol. The number of nitrogen functional groups attached to an aromatic ring is 1. The van der Waals surface area contributed by atoms with Gasteiger partial charge >= 0.3 is 0 Å². The highest BCUT2D eigenvalue weighted by atomic mass is 32.1. The molecule has 0 bridgehead atoms. The molecule has 0 atom stereocenters. The number of pyridine rings is 1. The van der Waals surface area contributed by atoms with Crippen LogP contribution in [0.1, 0.15) is 39.8 Å². The Balaban J connectivity index is 2.64. The fraction of sp³-hybridized carbons (Fsp3) is 0.500. The summed E-state index contributed by atoms with van der Waals surface area (Å²) >= 11 is 1.24. The van der Waals surface area contributed by atoms with Crippen LogP contribution in [-0.4, -0.2) is 14.8 Å². The molecule has 0 aliphatic carbocycles. The minimum atomic E-state index is -0.0764. The molecule has 0 spiro atoms. The Morgan fingerprint density at radius 1 is 1.30 bits per heavy atom. The molecular formula is C14H20N4OS. The van der Waals surface area contributed by atoms with Gasteiger partial charge in [-0.05, 0) is 18.6 Å². The first-order valence-electron chi connectivity index (χ1n) is 6.68. The fourth-order valence-corrected chi connectivity index (χ4v) is 2.81. The average molecular weight is 292 g/mol. The SMILES string of the molecule is CCCn1c(C(C)(C)C)ccc(-c2nnc(N)s2)c1=O. The van der Waals surface area contributed by atoms with E-state index >= 15 is 0 Å². The summed E-state index contributed by atoms with van der Waals surface area (Å²) in [5.41, 5.74) is 7.11. The summed E-state index contributed by atoms with van der Waals surface area (Å²) in [5, 5.41) is 8.71. The van der Waals surface area contributed by atoms with Crippen molar-refractivity contribution in [3.8, 4) is 10.6 Å². The fourth-order valence-electron chi connectivity index (χ4n) is 2.18. The minimum absolute atomic E-state index is 0.0181. The number of hydrogen-bond donors (Lipinski definition) is 1. The maximum absolute atomic E-state index is 12.7. The van der Waals surface area contributed by atoms with Crippen LogP contribution in [0, 0.1) is 0 Å². The Hall–Kier alpha value is -1.69. The molecule has 0 saturated heterocycles. The largest absolute Gasteiger partial charge is 0.374 e. The van der Waals surface area contributed by atoms with Gasteiger partial charge in [-0.2, -0.15) is 0 Å². The van der Waals surface area contributed by atoms with Crippen LogP contribution >= 0.6 is 11.3 Å². The summed E-state index contributed by atoms with van der Waals surface area (Å²) in [6.45, 7) is 9.09. The van der Waals surface area contributed by atoms with E-state index in [-0.39, 0.29) is 11.0 Å². The molecule has 20 heavy (non-hydrogen) atoms.